The van der Waals surface area contributed by atoms with Crippen LogP contribution in [0.15, 0.2) is 18.2 Å². The molecular weight excluding hydrogens is 227 g/mol. The maximum atomic E-state index is 13.8. The summed E-state index contributed by atoms with van der Waals surface area (Å²) in [5.74, 6) is -1.46. The number of carboxylic acids is 1. The first-order chi connectivity index (χ1) is 7.29. The molecule has 5 heteroatoms. The molecule has 1 N–H and O–H groups in total. The predicted octanol–water partition coefficient (Wildman–Crippen LogP) is 2.67. The Morgan fingerprint density at radius 1 is 1.44 bits per heavy atom. The number of hydrogen-bond donors (Lipinski definition) is 1. The van der Waals surface area contributed by atoms with Gasteiger partial charge in [0.1, 0.15) is 5.75 Å². The zero-order valence-electron chi connectivity index (χ0n) is 9.58. The molecule has 1 rings (SSSR count). The van der Waals surface area contributed by atoms with Crippen LogP contribution in [0.1, 0.15) is 5.56 Å². The Balaban J connectivity index is 2.99. The molecule has 0 bridgehead atoms. The molecule has 0 unspecified atom stereocenters. The lowest BCUT2D eigenvalue weighted by Crippen LogP contribution is -2.29. The number of hydrogen-bond acceptors (Lipinski definition) is 2. The lowest BCUT2D eigenvalue weighted by molar-refractivity contribution is -0.136. The van der Waals surface area contributed by atoms with Crippen LogP contribution in [0.4, 0.5) is 4.39 Å². The molecule has 1 aromatic carbocycles. The fourth-order valence-corrected chi connectivity index (χ4v) is 2.08. The van der Waals surface area contributed by atoms with Gasteiger partial charge in [0.15, 0.2) is 5.82 Å². The highest BCUT2D eigenvalue weighted by Crippen LogP contribution is 2.23. The maximum absolute atomic E-state index is 13.8. The van der Waals surface area contributed by atoms with E-state index >= 15 is 0 Å². The van der Waals surface area contributed by atoms with Gasteiger partial charge in [0.05, 0.1) is 6.42 Å². The summed E-state index contributed by atoms with van der Waals surface area (Å²) in [5.41, 5.74) is 0.156. The van der Waals surface area contributed by atoms with Gasteiger partial charge >= 0.3 is 5.97 Å². The van der Waals surface area contributed by atoms with Gasteiger partial charge in [-0.25, -0.2) is 4.39 Å². The van der Waals surface area contributed by atoms with Crippen LogP contribution in [0, 0.1) is 5.82 Å². The molecule has 0 aliphatic carbocycles. The van der Waals surface area contributed by atoms with Crippen molar-refractivity contribution in [3.05, 3.63) is 29.6 Å². The molecular formula is C11H15FO3Si. The first-order valence-corrected chi connectivity index (χ1v) is 8.38. The van der Waals surface area contributed by atoms with Crippen LogP contribution in [0.2, 0.25) is 19.6 Å². The number of benzene rings is 1. The van der Waals surface area contributed by atoms with Crippen molar-refractivity contribution >= 4 is 14.3 Å². The minimum absolute atomic E-state index is 0.151. The molecule has 16 heavy (non-hydrogen) atoms. The maximum Gasteiger partial charge on any atom is 0.307 e. The molecule has 0 spiro atoms. The zero-order valence-corrected chi connectivity index (χ0v) is 10.6. The van der Waals surface area contributed by atoms with Gasteiger partial charge in [-0.15, -0.1) is 0 Å². The number of aliphatic carboxylic acids is 1. The number of carboxylic acid groups (broad SMARTS) is 1. The monoisotopic (exact) mass is 242 g/mol. The van der Waals surface area contributed by atoms with Crippen LogP contribution < -0.4 is 4.43 Å². The molecule has 0 radical (unpaired) electrons. The third kappa shape index (κ3) is 3.66. The van der Waals surface area contributed by atoms with E-state index in [1.807, 2.05) is 19.6 Å². The third-order valence-corrected chi connectivity index (χ3v) is 2.63. The molecule has 0 aliphatic heterocycles. The van der Waals surface area contributed by atoms with Crippen LogP contribution in [0.3, 0.4) is 0 Å². The summed E-state index contributed by atoms with van der Waals surface area (Å²) in [4.78, 5) is 10.5. The summed E-state index contributed by atoms with van der Waals surface area (Å²) in [7, 11) is -1.88. The molecule has 0 amide bonds. The second-order valence-corrected chi connectivity index (χ2v) is 8.94. The molecule has 0 saturated heterocycles. The molecule has 0 atom stereocenters. The van der Waals surface area contributed by atoms with E-state index in [4.69, 9.17) is 9.53 Å². The van der Waals surface area contributed by atoms with Crippen molar-refractivity contribution in [1.82, 2.24) is 0 Å². The van der Waals surface area contributed by atoms with E-state index in [9.17, 15) is 9.18 Å². The molecule has 0 fully saturated rings. The Morgan fingerprint density at radius 3 is 2.56 bits per heavy atom. The van der Waals surface area contributed by atoms with Gasteiger partial charge in [-0.1, -0.05) is 12.1 Å². The molecule has 0 heterocycles. The smallest absolute Gasteiger partial charge is 0.307 e. The molecule has 3 nitrogen and oxygen atoms in total. The minimum Gasteiger partial charge on any atom is -0.542 e. The number of carbonyl (C=O) groups is 1. The van der Waals surface area contributed by atoms with Crippen LogP contribution >= 0.6 is 0 Å². The zero-order chi connectivity index (χ0) is 12.3. The Labute approximate surface area is 95.0 Å². The van der Waals surface area contributed by atoms with E-state index < -0.39 is 20.1 Å². The largest absolute Gasteiger partial charge is 0.542 e. The SMILES string of the molecule is C[Si](C)(C)Oc1cccc(CC(=O)O)c1F. The lowest BCUT2D eigenvalue weighted by atomic mass is 10.1. The predicted molar refractivity (Wildman–Crippen MR) is 61.7 cm³/mol. The van der Waals surface area contributed by atoms with Crippen LogP contribution in [-0.2, 0) is 11.2 Å². The highest BCUT2D eigenvalue weighted by atomic mass is 28.4. The van der Waals surface area contributed by atoms with Crippen LogP contribution in [-0.4, -0.2) is 19.4 Å². The van der Waals surface area contributed by atoms with Crippen molar-refractivity contribution in [1.29, 1.82) is 0 Å². The first kappa shape index (κ1) is 12.7. The topological polar surface area (TPSA) is 46.5 Å². The quantitative estimate of drug-likeness (QED) is 0.826. The van der Waals surface area contributed by atoms with E-state index in [0.29, 0.717) is 0 Å². The number of rotatable bonds is 4. The first-order valence-electron chi connectivity index (χ1n) is 4.98. The molecule has 0 aliphatic rings. The van der Waals surface area contributed by atoms with Gasteiger partial charge in [0.2, 0.25) is 8.32 Å². The summed E-state index contributed by atoms with van der Waals surface area (Å²) in [6, 6.07) is 4.59. The fourth-order valence-electron chi connectivity index (χ4n) is 1.26. The third-order valence-electron chi connectivity index (χ3n) is 1.80. The van der Waals surface area contributed by atoms with Gasteiger partial charge in [-0.3, -0.25) is 4.79 Å². The lowest BCUT2D eigenvalue weighted by Gasteiger charge is -2.20. The average Bonchev–Trinajstić information content (AvgIpc) is 2.09. The van der Waals surface area contributed by atoms with E-state index in [0.717, 1.165) is 0 Å². The molecule has 88 valence electrons. The summed E-state index contributed by atoms with van der Waals surface area (Å²) < 4.78 is 19.3. The van der Waals surface area contributed by atoms with Crippen molar-refractivity contribution in [2.45, 2.75) is 26.1 Å². The summed E-state index contributed by atoms with van der Waals surface area (Å²) in [6.45, 7) is 5.82. The molecule has 1 aromatic rings. The standard InChI is InChI=1S/C11H15FO3Si/c1-16(2,3)15-9-6-4-5-8(11(9)12)7-10(13)14/h4-6H,7H2,1-3H3,(H,13,14). The van der Waals surface area contributed by atoms with Crippen molar-refractivity contribution < 1.29 is 18.7 Å². The molecule has 0 aromatic heterocycles. The van der Waals surface area contributed by atoms with Crippen molar-refractivity contribution in [2.75, 3.05) is 0 Å². The Hall–Kier alpha value is -1.36. The van der Waals surface area contributed by atoms with E-state index in [1.165, 1.54) is 12.1 Å². The second kappa shape index (κ2) is 4.65. The Kier molecular flexibility index (Phi) is 3.69. The summed E-state index contributed by atoms with van der Waals surface area (Å²) in [5, 5.41) is 8.62. The van der Waals surface area contributed by atoms with E-state index in [1.54, 1.807) is 6.07 Å². The Bertz CT molecular complexity index is 399. The van der Waals surface area contributed by atoms with Gasteiger partial charge in [-0.2, -0.15) is 0 Å². The summed E-state index contributed by atoms with van der Waals surface area (Å²) >= 11 is 0. The number of halogens is 1. The van der Waals surface area contributed by atoms with Crippen molar-refractivity contribution in [3.63, 3.8) is 0 Å². The normalized spacial score (nSPS) is 11.2. The van der Waals surface area contributed by atoms with Crippen molar-refractivity contribution in [3.8, 4) is 5.75 Å². The minimum atomic E-state index is -1.88. The van der Waals surface area contributed by atoms with E-state index in [-0.39, 0.29) is 17.7 Å². The van der Waals surface area contributed by atoms with Crippen LogP contribution in [0.25, 0.3) is 0 Å². The van der Waals surface area contributed by atoms with Gasteiger partial charge in [-0.05, 0) is 25.7 Å². The Morgan fingerprint density at radius 2 is 2.06 bits per heavy atom. The van der Waals surface area contributed by atoms with E-state index in [2.05, 4.69) is 0 Å². The van der Waals surface area contributed by atoms with Crippen LogP contribution in [0.5, 0.6) is 5.75 Å². The highest BCUT2D eigenvalue weighted by Gasteiger charge is 2.20. The second-order valence-electron chi connectivity index (χ2n) is 4.51. The van der Waals surface area contributed by atoms with Gasteiger partial charge in [0.25, 0.3) is 0 Å². The van der Waals surface area contributed by atoms with Gasteiger partial charge in [0, 0.05) is 5.56 Å². The average molecular weight is 242 g/mol. The summed E-state index contributed by atoms with van der Waals surface area (Å²) in [6.07, 6.45) is -0.325. The van der Waals surface area contributed by atoms with Crippen molar-refractivity contribution in [2.24, 2.45) is 0 Å². The molecule has 0 saturated carbocycles. The fraction of sp³-hybridized carbons (Fsp3) is 0.364. The highest BCUT2D eigenvalue weighted by molar-refractivity contribution is 6.70. The van der Waals surface area contributed by atoms with Gasteiger partial charge < -0.3 is 9.53 Å².